The summed E-state index contributed by atoms with van der Waals surface area (Å²) in [7, 11) is 0. The summed E-state index contributed by atoms with van der Waals surface area (Å²) in [5, 5.41) is 14.5. The van der Waals surface area contributed by atoms with Gasteiger partial charge in [0.25, 0.3) is 0 Å². The highest BCUT2D eigenvalue weighted by molar-refractivity contribution is 6.05. The van der Waals surface area contributed by atoms with Crippen LogP contribution in [0.15, 0.2) is 150 Å². The number of pyridine rings is 2. The first-order valence-electron chi connectivity index (χ1n) is 19.1. The van der Waals surface area contributed by atoms with Crippen LogP contribution in [-0.2, 0) is 10.8 Å². The van der Waals surface area contributed by atoms with Gasteiger partial charge in [0.05, 0.1) is 16.8 Å². The largest absolute Gasteiger partial charge is 0.507 e. The molecule has 0 aliphatic rings. The first kappa shape index (κ1) is 35.1. The number of rotatable bonds is 5. The summed E-state index contributed by atoms with van der Waals surface area (Å²) in [6.07, 6.45) is 3.72. The summed E-state index contributed by atoms with van der Waals surface area (Å²) < 4.78 is 6.63. The zero-order valence-corrected chi connectivity index (χ0v) is 32.6. The zero-order chi connectivity index (χ0) is 38.8. The van der Waals surface area contributed by atoms with Crippen LogP contribution >= 0.6 is 0 Å². The maximum atomic E-state index is 11.1. The maximum absolute atomic E-state index is 11.1. The molecule has 3 aromatic heterocycles. The highest BCUT2D eigenvalue weighted by atomic mass is 16.3. The molecule has 0 aliphatic carbocycles. The van der Waals surface area contributed by atoms with E-state index >= 15 is 0 Å². The lowest BCUT2D eigenvalue weighted by Gasteiger charge is -2.22. The van der Waals surface area contributed by atoms with Gasteiger partial charge in [0.15, 0.2) is 5.58 Å². The van der Waals surface area contributed by atoms with E-state index in [2.05, 4.69) is 145 Å². The molecule has 5 nitrogen and oxygen atoms in total. The van der Waals surface area contributed by atoms with Gasteiger partial charge < -0.3 is 9.52 Å². The summed E-state index contributed by atoms with van der Waals surface area (Å²) in [6.45, 7) is 13.2. The minimum atomic E-state index is -0.122. The van der Waals surface area contributed by atoms with E-state index < -0.39 is 0 Å². The number of hydrogen-bond acceptors (Lipinski definition) is 5. The second kappa shape index (κ2) is 13.3. The number of oxazole rings is 1. The van der Waals surface area contributed by atoms with Gasteiger partial charge >= 0.3 is 0 Å². The SMILES string of the molecule is CC(C)(C)c1ccc(O)c(-c2nc3c(-c4cccc(-c5cc(C(C)(C)C)cc6c(-c7ccccn7)ccnc56)c4)cc(-c4cccc5ccccc45)cc3o2)c1. The predicted molar refractivity (Wildman–Crippen MR) is 231 cm³/mol. The number of hydrogen-bond donors (Lipinski definition) is 1. The van der Waals surface area contributed by atoms with Crippen molar-refractivity contribution in [1.82, 2.24) is 15.0 Å². The standard InChI is InChI=1S/C51H43N3O2/c1-50(2,3)35-20-21-45(55)43(28-35)49-54-48-40(26-34(27-46(48)56-49)38-18-12-14-31-13-7-8-17-37(31)38)32-15-11-16-33(25-32)41-29-36(51(4,5)6)30-42-39(22-24-53-47(41)42)44-19-9-10-23-52-44/h7-30,55H,1-6H3. The Morgan fingerprint density at radius 1 is 0.482 bits per heavy atom. The summed E-state index contributed by atoms with van der Waals surface area (Å²) in [6, 6.07) is 46.1. The van der Waals surface area contributed by atoms with E-state index in [4.69, 9.17) is 19.4 Å². The molecule has 0 unspecified atom stereocenters. The topological polar surface area (TPSA) is 72.0 Å². The van der Waals surface area contributed by atoms with Crippen molar-refractivity contribution in [3.05, 3.63) is 157 Å². The highest BCUT2D eigenvalue weighted by Crippen LogP contribution is 2.43. The van der Waals surface area contributed by atoms with Crippen LogP contribution in [0.25, 0.3) is 88.9 Å². The van der Waals surface area contributed by atoms with Crippen molar-refractivity contribution in [3.63, 3.8) is 0 Å². The first-order chi connectivity index (χ1) is 26.9. The van der Waals surface area contributed by atoms with E-state index in [0.717, 1.165) is 72.0 Å². The third-order valence-corrected chi connectivity index (χ3v) is 10.8. The van der Waals surface area contributed by atoms with Crippen LogP contribution in [0, 0.1) is 0 Å². The monoisotopic (exact) mass is 729 g/mol. The molecule has 6 aromatic carbocycles. The molecule has 1 N–H and O–H groups in total. The summed E-state index contributed by atoms with van der Waals surface area (Å²) >= 11 is 0. The molecule has 0 radical (unpaired) electrons. The van der Waals surface area contributed by atoms with E-state index in [1.807, 2.05) is 36.7 Å². The Labute approximate surface area is 327 Å². The smallest absolute Gasteiger partial charge is 0.231 e. The van der Waals surface area contributed by atoms with Gasteiger partial charge in [-0.05, 0) is 116 Å². The average Bonchev–Trinajstić information content (AvgIpc) is 3.63. The minimum absolute atomic E-state index is 0.107. The van der Waals surface area contributed by atoms with Crippen molar-refractivity contribution in [2.75, 3.05) is 0 Å². The van der Waals surface area contributed by atoms with Crippen LogP contribution in [0.4, 0.5) is 0 Å². The summed E-state index contributed by atoms with van der Waals surface area (Å²) in [5.74, 6) is 0.511. The molecule has 0 saturated carbocycles. The fourth-order valence-corrected chi connectivity index (χ4v) is 7.68. The second-order valence-electron chi connectivity index (χ2n) is 16.7. The quantitative estimate of drug-likeness (QED) is 0.191. The van der Waals surface area contributed by atoms with Crippen LogP contribution in [0.5, 0.6) is 5.75 Å². The molecule has 0 aliphatic heterocycles. The molecule has 9 aromatic rings. The van der Waals surface area contributed by atoms with Gasteiger partial charge in [0.2, 0.25) is 5.89 Å². The minimum Gasteiger partial charge on any atom is -0.507 e. The van der Waals surface area contributed by atoms with E-state index in [1.54, 1.807) is 6.07 Å². The Hall–Kier alpha value is -6.59. The van der Waals surface area contributed by atoms with Gasteiger partial charge in [-0.15, -0.1) is 0 Å². The van der Waals surface area contributed by atoms with E-state index in [9.17, 15) is 5.11 Å². The van der Waals surface area contributed by atoms with Crippen LogP contribution in [0.3, 0.4) is 0 Å². The third kappa shape index (κ3) is 6.29. The molecule has 3 heterocycles. The number of nitrogens with zero attached hydrogens (tertiary/aromatic N) is 3. The van der Waals surface area contributed by atoms with Crippen molar-refractivity contribution in [1.29, 1.82) is 0 Å². The van der Waals surface area contributed by atoms with E-state index in [1.165, 1.54) is 10.9 Å². The number of phenolic OH excluding ortho intramolecular Hbond substituents is 1. The Morgan fingerprint density at radius 2 is 1.20 bits per heavy atom. The molecular weight excluding hydrogens is 687 g/mol. The average molecular weight is 730 g/mol. The Balaban J connectivity index is 1.29. The predicted octanol–water partition coefficient (Wildman–Crippen LogP) is 13.6. The molecule has 5 heteroatoms. The molecule has 0 fully saturated rings. The fourth-order valence-electron chi connectivity index (χ4n) is 7.68. The van der Waals surface area contributed by atoms with E-state index in [-0.39, 0.29) is 16.6 Å². The fraction of sp³-hybridized carbons (Fsp3) is 0.157. The van der Waals surface area contributed by atoms with Crippen LogP contribution < -0.4 is 0 Å². The Morgan fingerprint density at radius 3 is 1.96 bits per heavy atom. The zero-order valence-electron chi connectivity index (χ0n) is 32.6. The van der Waals surface area contributed by atoms with Crippen molar-refractivity contribution in [2.24, 2.45) is 0 Å². The van der Waals surface area contributed by atoms with Gasteiger partial charge in [-0.25, -0.2) is 4.98 Å². The summed E-state index contributed by atoms with van der Waals surface area (Å²) in [4.78, 5) is 14.8. The molecule has 274 valence electrons. The maximum Gasteiger partial charge on any atom is 0.231 e. The number of aromatic nitrogens is 3. The molecular formula is C51H43N3O2. The van der Waals surface area contributed by atoms with E-state index in [0.29, 0.717) is 17.0 Å². The van der Waals surface area contributed by atoms with Gasteiger partial charge in [-0.2, -0.15) is 0 Å². The Kier molecular flexibility index (Phi) is 8.35. The van der Waals surface area contributed by atoms with Crippen LogP contribution in [0.2, 0.25) is 0 Å². The lowest BCUT2D eigenvalue weighted by molar-refractivity contribution is 0.473. The van der Waals surface area contributed by atoms with Crippen molar-refractivity contribution >= 4 is 32.8 Å². The number of fused-ring (bicyclic) bond motifs is 3. The molecule has 0 amide bonds. The van der Waals surface area contributed by atoms with Crippen LogP contribution in [-0.4, -0.2) is 20.1 Å². The third-order valence-electron chi connectivity index (χ3n) is 10.8. The van der Waals surface area contributed by atoms with Crippen molar-refractivity contribution < 1.29 is 9.52 Å². The number of phenols is 1. The normalized spacial score (nSPS) is 12.2. The summed E-state index contributed by atoms with van der Waals surface area (Å²) in [5.41, 5.74) is 13.1. The van der Waals surface area contributed by atoms with Crippen LogP contribution in [0.1, 0.15) is 52.7 Å². The second-order valence-corrected chi connectivity index (χ2v) is 16.7. The Bertz CT molecular complexity index is 2940. The number of benzene rings is 6. The van der Waals surface area contributed by atoms with Crippen molar-refractivity contribution in [3.8, 4) is 61.8 Å². The molecule has 56 heavy (non-hydrogen) atoms. The molecule has 0 atom stereocenters. The molecule has 0 spiro atoms. The highest BCUT2D eigenvalue weighted by Gasteiger charge is 2.23. The molecule has 9 rings (SSSR count). The lowest BCUT2D eigenvalue weighted by atomic mass is 9.83. The number of aromatic hydroxyl groups is 1. The van der Waals surface area contributed by atoms with Crippen molar-refractivity contribution in [2.45, 2.75) is 52.4 Å². The van der Waals surface area contributed by atoms with Gasteiger partial charge in [0, 0.05) is 34.5 Å². The molecule has 0 saturated heterocycles. The van der Waals surface area contributed by atoms with Gasteiger partial charge in [-0.3, -0.25) is 9.97 Å². The molecule has 0 bridgehead atoms. The first-order valence-corrected chi connectivity index (χ1v) is 19.1. The van der Waals surface area contributed by atoms with Gasteiger partial charge in [0.1, 0.15) is 11.3 Å². The lowest BCUT2D eigenvalue weighted by Crippen LogP contribution is -2.11. The van der Waals surface area contributed by atoms with Gasteiger partial charge in [-0.1, -0.05) is 114 Å².